The molecule has 0 saturated heterocycles. The van der Waals surface area contributed by atoms with Crippen LogP contribution >= 0.6 is 0 Å². The van der Waals surface area contributed by atoms with Gasteiger partial charge in [-0.05, 0) is 56.2 Å². The normalized spacial score (nSPS) is 12.5. The first kappa shape index (κ1) is 15.6. The number of para-hydroxylation sites is 2. The molecule has 0 amide bonds. The summed E-state index contributed by atoms with van der Waals surface area (Å²) in [5, 5.41) is 9.96. The maximum atomic E-state index is 9.96. The molecular formula is C19H22N2O2. The highest BCUT2D eigenvalue weighted by molar-refractivity contribution is 5.76. The highest BCUT2D eigenvalue weighted by Crippen LogP contribution is 2.21. The fourth-order valence-electron chi connectivity index (χ4n) is 2.71. The Morgan fingerprint density at radius 3 is 2.65 bits per heavy atom. The van der Waals surface area contributed by atoms with Crippen molar-refractivity contribution in [2.24, 2.45) is 0 Å². The van der Waals surface area contributed by atoms with E-state index in [0.717, 1.165) is 16.8 Å². The number of nitrogens with zero attached hydrogens (tertiary/aromatic N) is 2. The Hall–Kier alpha value is -2.33. The molecule has 120 valence electrons. The summed E-state index contributed by atoms with van der Waals surface area (Å²) in [7, 11) is 0. The summed E-state index contributed by atoms with van der Waals surface area (Å²) in [6, 6.07) is 14.0. The van der Waals surface area contributed by atoms with Crippen molar-refractivity contribution in [1.82, 2.24) is 9.55 Å². The van der Waals surface area contributed by atoms with Gasteiger partial charge in [-0.2, -0.15) is 0 Å². The molecule has 23 heavy (non-hydrogen) atoms. The lowest BCUT2D eigenvalue weighted by Crippen LogP contribution is -2.12. The van der Waals surface area contributed by atoms with Gasteiger partial charge in [-0.15, -0.1) is 0 Å². The molecule has 1 unspecified atom stereocenters. The van der Waals surface area contributed by atoms with Gasteiger partial charge in [0.05, 0.1) is 17.6 Å². The third-order valence-electron chi connectivity index (χ3n) is 4.12. The lowest BCUT2D eigenvalue weighted by atomic mass is 10.1. The van der Waals surface area contributed by atoms with Crippen molar-refractivity contribution in [2.45, 2.75) is 33.4 Å². The van der Waals surface area contributed by atoms with E-state index in [0.29, 0.717) is 19.0 Å². The topological polar surface area (TPSA) is 47.3 Å². The molecule has 0 saturated carbocycles. The zero-order valence-electron chi connectivity index (χ0n) is 13.8. The van der Waals surface area contributed by atoms with Crippen LogP contribution in [0.15, 0.2) is 42.5 Å². The fourth-order valence-corrected chi connectivity index (χ4v) is 2.71. The Bertz CT molecular complexity index is 821. The highest BCUT2D eigenvalue weighted by Gasteiger charge is 2.14. The summed E-state index contributed by atoms with van der Waals surface area (Å²) >= 11 is 0. The minimum atomic E-state index is -0.607. The van der Waals surface area contributed by atoms with Crippen LogP contribution in [0.2, 0.25) is 0 Å². The number of aromatic nitrogens is 2. The van der Waals surface area contributed by atoms with Crippen LogP contribution in [-0.2, 0) is 6.54 Å². The number of ether oxygens (including phenoxy) is 1. The minimum Gasteiger partial charge on any atom is -0.492 e. The number of aliphatic hydroxyl groups is 1. The second-order valence-corrected chi connectivity index (χ2v) is 5.88. The van der Waals surface area contributed by atoms with E-state index in [-0.39, 0.29) is 0 Å². The Balaban J connectivity index is 1.78. The van der Waals surface area contributed by atoms with Gasteiger partial charge in [0.2, 0.25) is 0 Å². The van der Waals surface area contributed by atoms with Crippen molar-refractivity contribution in [2.75, 3.05) is 6.61 Å². The molecule has 4 heteroatoms. The van der Waals surface area contributed by atoms with E-state index >= 15 is 0 Å². The first-order valence-corrected chi connectivity index (χ1v) is 7.89. The molecule has 1 heterocycles. The summed E-state index contributed by atoms with van der Waals surface area (Å²) in [5.74, 6) is 1.55. The summed E-state index contributed by atoms with van der Waals surface area (Å²) in [6.45, 7) is 7.08. The summed E-state index contributed by atoms with van der Waals surface area (Å²) < 4.78 is 7.90. The first-order valence-electron chi connectivity index (χ1n) is 7.89. The number of aryl methyl sites for hydroxylation is 2. The molecule has 4 nitrogen and oxygen atoms in total. The molecule has 0 spiro atoms. The van der Waals surface area contributed by atoms with E-state index in [1.54, 1.807) is 6.92 Å². The smallest absolute Gasteiger partial charge is 0.138 e. The van der Waals surface area contributed by atoms with Gasteiger partial charge in [-0.1, -0.05) is 18.2 Å². The van der Waals surface area contributed by atoms with E-state index in [1.165, 1.54) is 11.1 Å². The van der Waals surface area contributed by atoms with Crippen LogP contribution in [0.5, 0.6) is 5.75 Å². The van der Waals surface area contributed by atoms with Crippen LogP contribution in [-0.4, -0.2) is 21.3 Å². The van der Waals surface area contributed by atoms with Gasteiger partial charge in [-0.3, -0.25) is 0 Å². The van der Waals surface area contributed by atoms with Crippen molar-refractivity contribution in [3.05, 3.63) is 59.4 Å². The molecule has 3 rings (SSSR count). The predicted molar refractivity (Wildman–Crippen MR) is 91.8 cm³/mol. The molecule has 1 aromatic heterocycles. The van der Waals surface area contributed by atoms with Gasteiger partial charge >= 0.3 is 0 Å². The van der Waals surface area contributed by atoms with Gasteiger partial charge in [0.1, 0.15) is 24.3 Å². The lowest BCUT2D eigenvalue weighted by molar-refractivity contribution is 0.181. The Morgan fingerprint density at radius 1 is 1.13 bits per heavy atom. The standard InChI is InChI=1S/C19H22N2O2/c1-13-8-9-16(12-14(13)2)23-11-10-21-18-7-5-4-6-17(18)20-19(21)15(3)22/h4-9,12,15,22H,10-11H2,1-3H3. The molecule has 2 aromatic carbocycles. The minimum absolute atomic E-state index is 0.530. The van der Waals surface area contributed by atoms with Crippen LogP contribution in [0.25, 0.3) is 11.0 Å². The Labute approximate surface area is 136 Å². The molecule has 0 radical (unpaired) electrons. The third kappa shape index (κ3) is 3.22. The van der Waals surface area contributed by atoms with E-state index in [9.17, 15) is 5.11 Å². The van der Waals surface area contributed by atoms with Crippen LogP contribution in [0.3, 0.4) is 0 Å². The van der Waals surface area contributed by atoms with E-state index in [2.05, 4.69) is 31.0 Å². The van der Waals surface area contributed by atoms with E-state index < -0.39 is 6.10 Å². The molecule has 0 aliphatic carbocycles. The van der Waals surface area contributed by atoms with Gasteiger partial charge in [0.15, 0.2) is 0 Å². The van der Waals surface area contributed by atoms with Gasteiger partial charge in [0, 0.05) is 0 Å². The number of benzene rings is 2. The van der Waals surface area contributed by atoms with Crippen molar-refractivity contribution in [1.29, 1.82) is 0 Å². The Morgan fingerprint density at radius 2 is 1.91 bits per heavy atom. The SMILES string of the molecule is Cc1ccc(OCCn2c(C(C)O)nc3ccccc32)cc1C. The maximum Gasteiger partial charge on any atom is 0.138 e. The number of hydrogen-bond donors (Lipinski definition) is 1. The molecule has 1 atom stereocenters. The summed E-state index contributed by atoms with van der Waals surface area (Å²) in [5.41, 5.74) is 4.40. The van der Waals surface area contributed by atoms with Gasteiger partial charge < -0.3 is 14.4 Å². The zero-order valence-corrected chi connectivity index (χ0v) is 13.8. The number of aliphatic hydroxyl groups excluding tert-OH is 1. The highest BCUT2D eigenvalue weighted by atomic mass is 16.5. The molecule has 1 N–H and O–H groups in total. The van der Waals surface area contributed by atoms with Crippen molar-refractivity contribution in [3.8, 4) is 5.75 Å². The molecule has 0 aliphatic heterocycles. The van der Waals surface area contributed by atoms with Crippen LogP contribution in [0, 0.1) is 13.8 Å². The van der Waals surface area contributed by atoms with Gasteiger partial charge in [0.25, 0.3) is 0 Å². The van der Waals surface area contributed by atoms with Crippen LogP contribution in [0.4, 0.5) is 0 Å². The fraction of sp³-hybridized carbons (Fsp3) is 0.316. The Kier molecular flexibility index (Phi) is 4.35. The maximum absolute atomic E-state index is 9.96. The second-order valence-electron chi connectivity index (χ2n) is 5.88. The monoisotopic (exact) mass is 310 g/mol. The third-order valence-corrected chi connectivity index (χ3v) is 4.12. The average molecular weight is 310 g/mol. The number of fused-ring (bicyclic) bond motifs is 1. The number of hydrogen-bond acceptors (Lipinski definition) is 3. The van der Waals surface area contributed by atoms with E-state index in [4.69, 9.17) is 4.74 Å². The predicted octanol–water partition coefficient (Wildman–Crippen LogP) is 3.79. The molecule has 0 aliphatic rings. The lowest BCUT2D eigenvalue weighted by Gasteiger charge is -2.12. The molecular weight excluding hydrogens is 288 g/mol. The van der Waals surface area contributed by atoms with Crippen LogP contribution in [0.1, 0.15) is 30.0 Å². The van der Waals surface area contributed by atoms with Crippen LogP contribution < -0.4 is 4.74 Å². The number of imidazole rings is 1. The molecule has 3 aromatic rings. The number of rotatable bonds is 5. The van der Waals surface area contributed by atoms with Gasteiger partial charge in [-0.25, -0.2) is 4.98 Å². The second kappa shape index (κ2) is 6.42. The summed E-state index contributed by atoms with van der Waals surface area (Å²) in [4.78, 5) is 4.52. The van der Waals surface area contributed by atoms with Crippen molar-refractivity contribution in [3.63, 3.8) is 0 Å². The summed E-state index contributed by atoms with van der Waals surface area (Å²) in [6.07, 6.45) is -0.607. The first-order chi connectivity index (χ1) is 11.1. The molecule has 0 bridgehead atoms. The zero-order chi connectivity index (χ0) is 16.4. The average Bonchev–Trinajstić information content (AvgIpc) is 2.90. The van der Waals surface area contributed by atoms with E-state index in [1.807, 2.05) is 34.9 Å². The quantitative estimate of drug-likeness (QED) is 0.780. The molecule has 0 fully saturated rings. The van der Waals surface area contributed by atoms with Crippen molar-refractivity contribution < 1.29 is 9.84 Å². The largest absolute Gasteiger partial charge is 0.492 e. The van der Waals surface area contributed by atoms with Crippen molar-refractivity contribution >= 4 is 11.0 Å².